The van der Waals surface area contributed by atoms with Crippen molar-refractivity contribution in [1.82, 2.24) is 9.78 Å². The van der Waals surface area contributed by atoms with Crippen molar-refractivity contribution in [2.45, 2.75) is 20.3 Å². The number of hydrogen-bond acceptors (Lipinski definition) is 4. The van der Waals surface area contributed by atoms with E-state index in [-0.39, 0.29) is 11.3 Å². The fourth-order valence-corrected chi connectivity index (χ4v) is 3.15. The van der Waals surface area contributed by atoms with Gasteiger partial charge >= 0.3 is 5.97 Å². The summed E-state index contributed by atoms with van der Waals surface area (Å²) in [5.41, 5.74) is 9.86. The van der Waals surface area contributed by atoms with E-state index in [1.165, 1.54) is 16.8 Å². The number of aromatic carboxylic acids is 1. The molecule has 0 radical (unpaired) electrons. The van der Waals surface area contributed by atoms with Crippen molar-refractivity contribution in [3.8, 4) is 11.3 Å². The smallest absolute Gasteiger partial charge is 0.337 e. The lowest BCUT2D eigenvalue weighted by atomic mass is 10.1. The maximum Gasteiger partial charge on any atom is 0.337 e. The van der Waals surface area contributed by atoms with Gasteiger partial charge < -0.3 is 16.2 Å². The van der Waals surface area contributed by atoms with E-state index in [2.05, 4.69) is 23.9 Å². The van der Waals surface area contributed by atoms with Gasteiger partial charge in [0.05, 0.1) is 16.9 Å². The molecule has 0 aliphatic carbocycles. The van der Waals surface area contributed by atoms with Crippen LogP contribution in [-0.2, 0) is 6.42 Å². The van der Waals surface area contributed by atoms with Gasteiger partial charge in [-0.2, -0.15) is 5.10 Å². The number of anilines is 2. The van der Waals surface area contributed by atoms with Gasteiger partial charge in [-0.05, 0) is 48.7 Å². The highest BCUT2D eigenvalue weighted by molar-refractivity contribution is 5.95. The van der Waals surface area contributed by atoms with Gasteiger partial charge in [-0.3, -0.25) is 0 Å². The third-order valence-corrected chi connectivity index (χ3v) is 4.93. The number of rotatable bonds is 8. The summed E-state index contributed by atoms with van der Waals surface area (Å²) in [5, 5.41) is 17.2. The fourth-order valence-electron chi connectivity index (χ4n) is 3.15. The number of aromatic nitrogens is 2. The maximum absolute atomic E-state index is 13.6. The minimum Gasteiger partial charge on any atom is -0.478 e. The van der Waals surface area contributed by atoms with Gasteiger partial charge in [0.15, 0.2) is 0 Å². The van der Waals surface area contributed by atoms with E-state index in [9.17, 15) is 14.3 Å². The molecule has 32 heavy (non-hydrogen) atoms. The Hall–Kier alpha value is -4.13. The quantitative estimate of drug-likeness (QED) is 0.404. The molecular formula is C25H25FN4O2. The van der Waals surface area contributed by atoms with Crippen LogP contribution in [0.4, 0.5) is 15.9 Å². The molecular weight excluding hydrogens is 407 g/mol. The number of carbonyl (C=O) groups is 1. The van der Waals surface area contributed by atoms with E-state index < -0.39 is 11.8 Å². The van der Waals surface area contributed by atoms with Crippen LogP contribution in [0.25, 0.3) is 17.1 Å². The lowest BCUT2D eigenvalue weighted by Crippen LogP contribution is -2.13. The number of halogens is 1. The van der Waals surface area contributed by atoms with Crippen LogP contribution in [0.3, 0.4) is 0 Å². The van der Waals surface area contributed by atoms with E-state index in [4.69, 9.17) is 5.73 Å². The zero-order valence-corrected chi connectivity index (χ0v) is 18.0. The van der Waals surface area contributed by atoms with Crippen LogP contribution in [0.5, 0.6) is 0 Å². The molecule has 0 unspecified atom stereocenters. The summed E-state index contributed by atoms with van der Waals surface area (Å²) in [6.07, 6.45) is 6.07. The van der Waals surface area contributed by atoms with Crippen LogP contribution in [-0.4, -0.2) is 20.9 Å². The number of carboxylic acids is 1. The summed E-state index contributed by atoms with van der Waals surface area (Å²) in [4.78, 5) is 11.6. The molecule has 0 bridgehead atoms. The van der Waals surface area contributed by atoms with Crippen molar-refractivity contribution >= 4 is 23.3 Å². The zero-order valence-electron chi connectivity index (χ0n) is 18.0. The van der Waals surface area contributed by atoms with Gasteiger partial charge in [-0.25, -0.2) is 13.9 Å². The highest BCUT2D eigenvalue weighted by atomic mass is 19.1. The molecule has 2 aromatic carbocycles. The summed E-state index contributed by atoms with van der Waals surface area (Å²) in [6.45, 7) is 7.56. The monoisotopic (exact) mass is 432 g/mol. The van der Waals surface area contributed by atoms with Crippen molar-refractivity contribution < 1.29 is 14.3 Å². The van der Waals surface area contributed by atoms with E-state index >= 15 is 0 Å². The fraction of sp³-hybridized carbons (Fsp3) is 0.120. The molecule has 0 aliphatic rings. The summed E-state index contributed by atoms with van der Waals surface area (Å²) in [7, 11) is 0. The lowest BCUT2D eigenvalue weighted by molar-refractivity contribution is 0.0697. The van der Waals surface area contributed by atoms with Crippen LogP contribution >= 0.6 is 0 Å². The van der Waals surface area contributed by atoms with Gasteiger partial charge in [-0.15, -0.1) is 0 Å². The third-order valence-electron chi connectivity index (χ3n) is 4.93. The second kappa shape index (κ2) is 9.78. The van der Waals surface area contributed by atoms with E-state index in [1.807, 2.05) is 31.2 Å². The second-order valence-electron chi connectivity index (χ2n) is 7.16. The number of nitrogens with zero attached hydrogens (tertiary/aromatic N) is 2. The molecule has 0 spiro atoms. The number of carboxylic acid groups (broad SMARTS) is 1. The van der Waals surface area contributed by atoms with Gasteiger partial charge in [0, 0.05) is 11.6 Å². The number of allylic oxidation sites excluding steroid dienone is 4. The molecule has 0 aliphatic heterocycles. The molecule has 4 N–H and O–H groups in total. The second-order valence-corrected chi connectivity index (χ2v) is 7.16. The first-order valence-corrected chi connectivity index (χ1v) is 10.1. The minimum atomic E-state index is -1.25. The molecule has 0 saturated carbocycles. The standard InChI is InChI=1S/C25H25FN4O2/c1-4-6-8-16(3)24(27)30-23(28-21-12-11-19(26)14-20(21)25(31)32)15-22(29-30)18-10-7-9-17(5-2)13-18/h4,6-15,28H,1,5,27H2,2-3H3,(H,31,32)/b8-6-,24-16+. The SMILES string of the molecule is C=C/C=C\C(C)=C(/N)n1nc(-c2cccc(CC)c2)cc1Nc1ccc(F)cc1C(=O)O. The molecule has 7 heteroatoms. The summed E-state index contributed by atoms with van der Waals surface area (Å²) < 4.78 is 15.1. The van der Waals surface area contributed by atoms with Crippen molar-refractivity contribution in [2.75, 3.05) is 5.32 Å². The molecule has 164 valence electrons. The average Bonchev–Trinajstić information content (AvgIpc) is 3.21. The lowest BCUT2D eigenvalue weighted by Gasteiger charge is -2.13. The Morgan fingerprint density at radius 1 is 1.28 bits per heavy atom. The minimum absolute atomic E-state index is 0.196. The normalized spacial score (nSPS) is 12.0. The Bertz CT molecular complexity index is 1220. The molecule has 1 aromatic heterocycles. The first-order chi connectivity index (χ1) is 15.3. The Balaban J connectivity index is 2.15. The van der Waals surface area contributed by atoms with Crippen LogP contribution in [0.1, 0.15) is 29.8 Å². The number of aryl methyl sites for hydroxylation is 1. The van der Waals surface area contributed by atoms with Crippen LogP contribution in [0.2, 0.25) is 0 Å². The Morgan fingerprint density at radius 3 is 2.75 bits per heavy atom. The summed E-state index contributed by atoms with van der Waals surface area (Å²) in [5.74, 6) is -1.09. The first kappa shape index (κ1) is 22.6. The summed E-state index contributed by atoms with van der Waals surface area (Å²) >= 11 is 0. The number of nitrogens with two attached hydrogens (primary N) is 1. The molecule has 1 heterocycles. The molecule has 0 amide bonds. The van der Waals surface area contributed by atoms with E-state index in [0.29, 0.717) is 17.3 Å². The zero-order chi connectivity index (χ0) is 23.3. The molecule has 3 rings (SSSR count). The maximum atomic E-state index is 13.6. The van der Waals surface area contributed by atoms with Crippen molar-refractivity contribution in [1.29, 1.82) is 0 Å². The number of hydrogen-bond donors (Lipinski definition) is 3. The van der Waals surface area contributed by atoms with Crippen LogP contribution < -0.4 is 11.1 Å². The summed E-state index contributed by atoms with van der Waals surface area (Å²) in [6, 6.07) is 13.3. The Kier molecular flexibility index (Phi) is 6.90. The van der Waals surface area contributed by atoms with Gasteiger partial charge in [-0.1, -0.05) is 49.9 Å². The molecule has 6 nitrogen and oxygen atoms in total. The first-order valence-electron chi connectivity index (χ1n) is 10.1. The Labute approximate surface area is 186 Å². The topological polar surface area (TPSA) is 93.2 Å². The predicted octanol–water partition coefficient (Wildman–Crippen LogP) is 5.58. The van der Waals surface area contributed by atoms with Crippen molar-refractivity contribution in [2.24, 2.45) is 5.73 Å². The Morgan fingerprint density at radius 2 is 2.06 bits per heavy atom. The third kappa shape index (κ3) is 4.95. The molecule has 0 atom stereocenters. The van der Waals surface area contributed by atoms with E-state index in [1.54, 1.807) is 24.3 Å². The molecule has 0 fully saturated rings. The van der Waals surface area contributed by atoms with Crippen LogP contribution in [0, 0.1) is 5.82 Å². The highest BCUT2D eigenvalue weighted by Crippen LogP contribution is 2.29. The van der Waals surface area contributed by atoms with Crippen LogP contribution in [0.15, 0.2) is 78.9 Å². The highest BCUT2D eigenvalue weighted by Gasteiger charge is 2.17. The van der Waals surface area contributed by atoms with Gasteiger partial charge in [0.2, 0.25) is 0 Å². The molecule has 0 saturated heterocycles. The number of benzene rings is 2. The number of nitrogens with one attached hydrogen (secondary N) is 1. The van der Waals surface area contributed by atoms with Crippen molar-refractivity contribution in [3.05, 3.63) is 95.9 Å². The van der Waals surface area contributed by atoms with Gasteiger partial charge in [0.1, 0.15) is 17.5 Å². The largest absolute Gasteiger partial charge is 0.478 e. The van der Waals surface area contributed by atoms with E-state index in [0.717, 1.165) is 29.2 Å². The van der Waals surface area contributed by atoms with Gasteiger partial charge in [0.25, 0.3) is 0 Å². The average molecular weight is 432 g/mol. The van der Waals surface area contributed by atoms with Crippen molar-refractivity contribution in [3.63, 3.8) is 0 Å². The molecule has 3 aromatic rings. The predicted molar refractivity (Wildman–Crippen MR) is 126 cm³/mol.